The summed E-state index contributed by atoms with van der Waals surface area (Å²) < 4.78 is 0. The molecule has 5 saturated carbocycles. The maximum absolute atomic E-state index is 11.9. The lowest BCUT2D eigenvalue weighted by molar-refractivity contribution is -0.265. The zero-order chi connectivity index (χ0) is 18.2. The van der Waals surface area contributed by atoms with Gasteiger partial charge in [-0.25, -0.2) is 0 Å². The van der Waals surface area contributed by atoms with Crippen molar-refractivity contribution in [1.29, 1.82) is 0 Å². The van der Waals surface area contributed by atoms with E-state index >= 15 is 0 Å². The van der Waals surface area contributed by atoms with Crippen LogP contribution in [0.25, 0.3) is 0 Å². The second kappa shape index (κ2) is 4.68. The molecule has 0 unspecified atom stereocenters. The molecule has 1 aliphatic heterocycles. The fourth-order valence-corrected chi connectivity index (χ4v) is 9.83. The van der Waals surface area contributed by atoms with E-state index in [1.165, 1.54) is 0 Å². The molecule has 0 aromatic heterocycles. The van der Waals surface area contributed by atoms with Crippen LogP contribution in [-0.2, 0) is 0 Å². The Balaban J connectivity index is 1.61. The molecule has 5 heteroatoms. The van der Waals surface area contributed by atoms with E-state index in [2.05, 4.69) is 18.7 Å². The summed E-state index contributed by atoms with van der Waals surface area (Å²) in [5.74, 6) is 0.319. The van der Waals surface area contributed by atoms with Gasteiger partial charge < -0.3 is 20.4 Å². The Bertz CT molecular complexity index is 658. The monoisotopic (exact) mass is 363 g/mol. The number of aliphatic hydroxyl groups is 4. The van der Waals surface area contributed by atoms with Gasteiger partial charge in [-0.15, -0.1) is 0 Å². The molecule has 0 radical (unpaired) electrons. The molecule has 12 atom stereocenters. The fourth-order valence-electron chi connectivity index (χ4n) is 9.83. The van der Waals surface area contributed by atoms with Crippen molar-refractivity contribution in [2.24, 2.45) is 40.4 Å². The average molecular weight is 363 g/mol. The maximum atomic E-state index is 11.9. The van der Waals surface area contributed by atoms with Crippen molar-refractivity contribution in [2.75, 3.05) is 13.1 Å². The third-order valence-electron chi connectivity index (χ3n) is 10.4. The summed E-state index contributed by atoms with van der Waals surface area (Å²) in [6.07, 6.45) is 2.44. The van der Waals surface area contributed by atoms with Crippen LogP contribution in [0.1, 0.15) is 46.0 Å². The van der Waals surface area contributed by atoms with Crippen LogP contribution in [0.2, 0.25) is 0 Å². The lowest BCUT2D eigenvalue weighted by Gasteiger charge is -2.68. The highest BCUT2D eigenvalue weighted by Gasteiger charge is 2.82. The first-order chi connectivity index (χ1) is 12.3. The summed E-state index contributed by atoms with van der Waals surface area (Å²) in [6.45, 7) is 6.61. The molecule has 6 aliphatic rings. The summed E-state index contributed by atoms with van der Waals surface area (Å²) in [5.41, 5.74) is -0.998. The topological polar surface area (TPSA) is 84.2 Å². The Kier molecular flexibility index (Phi) is 3.01. The van der Waals surface area contributed by atoms with E-state index in [0.29, 0.717) is 12.3 Å². The smallest absolute Gasteiger partial charge is 0.0771 e. The molecule has 146 valence electrons. The number of aliphatic hydroxyl groups excluding tert-OH is 3. The molecule has 0 amide bonds. The molecule has 0 aromatic carbocycles. The number of fused-ring (bicyclic) bond motifs is 2. The van der Waals surface area contributed by atoms with Gasteiger partial charge in [0.2, 0.25) is 0 Å². The summed E-state index contributed by atoms with van der Waals surface area (Å²) in [5, 5.41) is 45.1. The molecular weight excluding hydrogens is 330 g/mol. The van der Waals surface area contributed by atoms with Crippen LogP contribution < -0.4 is 0 Å². The van der Waals surface area contributed by atoms with Crippen LogP contribution in [-0.4, -0.2) is 68.4 Å². The highest BCUT2D eigenvalue weighted by molar-refractivity contribution is 5.32. The van der Waals surface area contributed by atoms with Gasteiger partial charge in [0.05, 0.1) is 23.9 Å². The largest absolute Gasteiger partial charge is 0.393 e. The first-order valence-corrected chi connectivity index (χ1v) is 10.8. The minimum Gasteiger partial charge on any atom is -0.393 e. The van der Waals surface area contributed by atoms with Gasteiger partial charge in [0.1, 0.15) is 0 Å². The van der Waals surface area contributed by atoms with Gasteiger partial charge in [-0.05, 0) is 49.5 Å². The van der Waals surface area contributed by atoms with E-state index in [0.717, 1.165) is 38.8 Å². The molecule has 1 spiro atoms. The summed E-state index contributed by atoms with van der Waals surface area (Å²) in [6, 6.07) is 0.198. The minimum absolute atomic E-state index is 0.0617. The van der Waals surface area contributed by atoms with Gasteiger partial charge in [0.25, 0.3) is 0 Å². The van der Waals surface area contributed by atoms with E-state index in [1.807, 2.05) is 0 Å². The highest BCUT2D eigenvalue weighted by Crippen LogP contribution is 2.78. The zero-order valence-electron chi connectivity index (χ0n) is 15.9. The second-order valence-corrected chi connectivity index (χ2v) is 10.9. The van der Waals surface area contributed by atoms with Crippen LogP contribution >= 0.6 is 0 Å². The van der Waals surface area contributed by atoms with Crippen LogP contribution in [0.4, 0.5) is 0 Å². The average Bonchev–Trinajstić information content (AvgIpc) is 3.03. The SMILES string of the molecule is CCN1C[C@]2(C)CC[C@H](O)[C@@]34[C@@H]5C[C@@H]6[C@H](O)[C@@H]5[C@](O)(C[C@@H]6O)[C@H](C[C@H]23)[C@@H]14. The van der Waals surface area contributed by atoms with Crippen molar-refractivity contribution in [3.05, 3.63) is 0 Å². The van der Waals surface area contributed by atoms with E-state index in [1.54, 1.807) is 0 Å². The van der Waals surface area contributed by atoms with Crippen LogP contribution in [0.5, 0.6) is 0 Å². The molecular formula is C21H33NO4. The second-order valence-electron chi connectivity index (χ2n) is 10.9. The lowest BCUT2D eigenvalue weighted by Crippen LogP contribution is -2.75. The van der Waals surface area contributed by atoms with Crippen LogP contribution in [0, 0.1) is 40.4 Å². The summed E-state index contributed by atoms with van der Waals surface area (Å²) in [4.78, 5) is 2.55. The highest BCUT2D eigenvalue weighted by atomic mass is 16.3. The molecule has 6 fully saturated rings. The molecule has 5 nitrogen and oxygen atoms in total. The molecule has 6 rings (SSSR count). The van der Waals surface area contributed by atoms with E-state index < -0.39 is 17.8 Å². The van der Waals surface area contributed by atoms with Gasteiger partial charge in [0.15, 0.2) is 0 Å². The quantitative estimate of drug-likeness (QED) is 0.548. The van der Waals surface area contributed by atoms with Gasteiger partial charge in [-0.2, -0.15) is 0 Å². The van der Waals surface area contributed by atoms with E-state index in [4.69, 9.17) is 0 Å². The van der Waals surface area contributed by atoms with E-state index in [9.17, 15) is 20.4 Å². The Morgan fingerprint density at radius 3 is 2.62 bits per heavy atom. The van der Waals surface area contributed by atoms with Gasteiger partial charge in [-0.1, -0.05) is 13.8 Å². The molecule has 7 bridgehead atoms. The van der Waals surface area contributed by atoms with Crippen molar-refractivity contribution in [2.45, 2.75) is 75.9 Å². The molecule has 1 heterocycles. The predicted molar refractivity (Wildman–Crippen MR) is 95.1 cm³/mol. The lowest BCUT2D eigenvalue weighted by atomic mass is 9.43. The Hall–Kier alpha value is -0.200. The summed E-state index contributed by atoms with van der Waals surface area (Å²) in [7, 11) is 0. The number of hydrogen-bond acceptors (Lipinski definition) is 5. The van der Waals surface area contributed by atoms with Gasteiger partial charge >= 0.3 is 0 Å². The molecule has 5 aliphatic carbocycles. The number of piperidine rings is 1. The van der Waals surface area contributed by atoms with Crippen molar-refractivity contribution >= 4 is 0 Å². The third-order valence-corrected chi connectivity index (χ3v) is 10.4. The Labute approximate surface area is 155 Å². The molecule has 4 N–H and O–H groups in total. The normalized spacial score (nSPS) is 68.3. The third kappa shape index (κ3) is 1.47. The number of hydrogen-bond donors (Lipinski definition) is 4. The number of nitrogens with zero attached hydrogens (tertiary/aromatic N) is 1. The fraction of sp³-hybridized carbons (Fsp3) is 1.00. The Morgan fingerprint density at radius 2 is 1.88 bits per heavy atom. The van der Waals surface area contributed by atoms with Gasteiger partial charge in [0, 0.05) is 42.2 Å². The maximum Gasteiger partial charge on any atom is 0.0771 e. The zero-order valence-corrected chi connectivity index (χ0v) is 15.9. The van der Waals surface area contributed by atoms with Crippen molar-refractivity contribution in [3.8, 4) is 0 Å². The van der Waals surface area contributed by atoms with Crippen LogP contribution in [0.3, 0.4) is 0 Å². The van der Waals surface area contributed by atoms with E-state index in [-0.39, 0.29) is 46.6 Å². The minimum atomic E-state index is -0.984. The molecule has 26 heavy (non-hydrogen) atoms. The summed E-state index contributed by atoms with van der Waals surface area (Å²) >= 11 is 0. The first kappa shape index (κ1) is 16.7. The number of likely N-dealkylation sites (tertiary alicyclic amines) is 1. The van der Waals surface area contributed by atoms with Crippen LogP contribution in [0.15, 0.2) is 0 Å². The van der Waals surface area contributed by atoms with Crippen molar-refractivity contribution in [3.63, 3.8) is 0 Å². The molecule has 1 saturated heterocycles. The van der Waals surface area contributed by atoms with Crippen molar-refractivity contribution in [1.82, 2.24) is 4.90 Å². The Morgan fingerprint density at radius 1 is 1.12 bits per heavy atom. The molecule has 0 aromatic rings. The predicted octanol–water partition coefficient (Wildman–Crippen LogP) is 0.596. The standard InChI is InChI=1S/C21H33NO4/c1-3-22-9-19(2)5-4-15(24)21-11-6-10-13(23)8-20(26,16(11)17(10)25)12(18(21)22)7-14(19)21/h10-18,23-26H,3-9H2,1-2H3/t10-,11+,12+,13-,14+,15-,16+,17-,18+,19-,20-,21+/m0/s1. The first-order valence-electron chi connectivity index (χ1n) is 10.8. The number of rotatable bonds is 1. The van der Waals surface area contributed by atoms with Crippen molar-refractivity contribution < 1.29 is 20.4 Å². The van der Waals surface area contributed by atoms with Gasteiger partial charge in [-0.3, -0.25) is 4.90 Å².